The predicted octanol–water partition coefficient (Wildman–Crippen LogP) is 4.09. The van der Waals surface area contributed by atoms with Gasteiger partial charge in [-0.15, -0.1) is 0 Å². The SMILES string of the molecule is C=C1CN(c2ccc(-c3cc(CN4CCN(CCNC(=O)CCNc5cccc6c5C(=O)N(C5CCC(=O)NC5=O)C6=O)CC4)ccc3F)cc2NC(O)c2c[nH]c(=O)cc2C(F)(F)F)C[C@H](C)N1C. The van der Waals surface area contributed by atoms with Crippen LogP contribution in [-0.4, -0.2) is 137 Å². The first-order valence-electron chi connectivity index (χ1n) is 23.0. The molecule has 3 aromatic carbocycles. The quantitative estimate of drug-likeness (QED) is 0.0566. The highest BCUT2D eigenvalue weighted by molar-refractivity contribution is 6.25. The molecule has 4 aromatic rings. The van der Waals surface area contributed by atoms with Crippen molar-refractivity contribution in [2.24, 2.45) is 0 Å². The van der Waals surface area contributed by atoms with Gasteiger partial charge in [-0.2, -0.15) is 13.2 Å². The fourth-order valence-electron chi connectivity index (χ4n) is 9.34. The number of nitrogens with one attached hydrogen (secondary N) is 5. The topological polar surface area (TPSA) is 203 Å². The molecule has 8 rings (SSSR count). The molecule has 0 saturated carbocycles. The van der Waals surface area contributed by atoms with E-state index in [-0.39, 0.29) is 60.1 Å². The normalized spacial score (nSPS) is 19.6. The molecule has 0 radical (unpaired) electrons. The number of aromatic nitrogens is 1. The van der Waals surface area contributed by atoms with Crippen molar-refractivity contribution in [3.8, 4) is 11.1 Å². The van der Waals surface area contributed by atoms with Crippen molar-refractivity contribution in [3.63, 3.8) is 0 Å². The molecule has 3 saturated heterocycles. The maximum Gasteiger partial charge on any atom is 0.417 e. The van der Waals surface area contributed by atoms with E-state index in [4.69, 9.17) is 0 Å². The third kappa shape index (κ3) is 10.7. The average molecular weight is 971 g/mol. The van der Waals surface area contributed by atoms with Crippen LogP contribution < -0.4 is 31.7 Å². The molecule has 0 aliphatic carbocycles. The Labute approximate surface area is 400 Å². The van der Waals surface area contributed by atoms with Crippen LogP contribution in [0.1, 0.15) is 69.8 Å². The molecule has 6 N–H and O–H groups in total. The van der Waals surface area contributed by atoms with Crippen molar-refractivity contribution in [1.82, 2.24) is 35.2 Å². The van der Waals surface area contributed by atoms with Crippen molar-refractivity contribution in [3.05, 3.63) is 123 Å². The minimum absolute atomic E-state index is 0.0114. The third-order valence-electron chi connectivity index (χ3n) is 13.3. The lowest BCUT2D eigenvalue weighted by Crippen LogP contribution is -2.54. The number of rotatable bonds is 15. The maximum atomic E-state index is 15.7. The number of imide groups is 2. The molecular weight excluding hydrogens is 917 g/mol. The molecule has 21 heteroatoms. The number of piperidine rings is 1. The molecule has 3 fully saturated rings. The zero-order valence-corrected chi connectivity index (χ0v) is 38.6. The summed E-state index contributed by atoms with van der Waals surface area (Å²) in [5.41, 5.74) is 0.892. The molecule has 3 atom stereocenters. The van der Waals surface area contributed by atoms with Gasteiger partial charge in [-0.3, -0.25) is 48.8 Å². The van der Waals surface area contributed by atoms with Gasteiger partial charge in [0.25, 0.3) is 11.8 Å². The first-order chi connectivity index (χ1) is 33.4. The standard InChI is InChI=1S/C49H54F4N10O7/c1-28-25-62(26-29(2)59(28)3)39-10-8-31(22-38(39)57-45(67)34-24-56-43(66)23-35(34)49(51,52)53)33-21-30(7-9-36(33)50)27-61-19-17-60(18-20-61)16-15-55-41(64)13-14-54-37-6-4-5-32-44(37)48(70)63(47(32)69)40-11-12-42(65)58-46(40)68/h4-10,21-24,29,40,45,54,57,67H,1,11-20,25-27H2,2-3H3,(H,55,64)(H,56,66)(H,58,65,68)/t29-,40?,45?/m0/s1. The molecule has 70 heavy (non-hydrogen) atoms. The summed E-state index contributed by atoms with van der Waals surface area (Å²) >= 11 is 0. The lowest BCUT2D eigenvalue weighted by Gasteiger charge is -2.42. The molecule has 4 aliphatic rings. The van der Waals surface area contributed by atoms with Crippen LogP contribution in [0.4, 0.5) is 34.6 Å². The highest BCUT2D eigenvalue weighted by atomic mass is 19.4. The van der Waals surface area contributed by atoms with Gasteiger partial charge in [-0.1, -0.05) is 24.8 Å². The third-order valence-corrected chi connectivity index (χ3v) is 13.3. The van der Waals surface area contributed by atoms with E-state index in [1.165, 1.54) is 12.1 Å². The fourth-order valence-corrected chi connectivity index (χ4v) is 9.34. The minimum atomic E-state index is -4.92. The average Bonchev–Trinajstić information content (AvgIpc) is 3.57. The number of aliphatic hydroxyl groups excluding tert-OH is 1. The Hall–Kier alpha value is -7.10. The Morgan fingerprint density at radius 3 is 2.41 bits per heavy atom. The molecule has 0 spiro atoms. The van der Waals surface area contributed by atoms with Gasteiger partial charge in [0.1, 0.15) is 11.9 Å². The van der Waals surface area contributed by atoms with E-state index < -0.39 is 64.6 Å². The van der Waals surface area contributed by atoms with Crippen LogP contribution in [-0.2, 0) is 27.1 Å². The molecule has 4 aliphatic heterocycles. The fraction of sp³-hybridized carbons (Fsp3) is 0.388. The number of hydrogen-bond donors (Lipinski definition) is 6. The number of nitrogens with zero attached hydrogens (tertiary/aromatic N) is 5. The van der Waals surface area contributed by atoms with Crippen LogP contribution in [0, 0.1) is 5.82 Å². The Morgan fingerprint density at radius 2 is 1.69 bits per heavy atom. The van der Waals surface area contributed by atoms with Gasteiger partial charge >= 0.3 is 6.18 Å². The van der Waals surface area contributed by atoms with E-state index in [0.29, 0.717) is 81.9 Å². The molecule has 0 bridgehead atoms. The van der Waals surface area contributed by atoms with Gasteiger partial charge < -0.3 is 35.8 Å². The van der Waals surface area contributed by atoms with Gasteiger partial charge in [0.15, 0.2) is 6.23 Å². The minimum Gasteiger partial charge on any atom is -0.384 e. The number of H-pyrrole nitrogens is 1. The van der Waals surface area contributed by atoms with Gasteiger partial charge in [-0.05, 0) is 60.9 Å². The van der Waals surface area contributed by atoms with Crippen LogP contribution in [0.25, 0.3) is 11.1 Å². The predicted molar refractivity (Wildman–Crippen MR) is 252 cm³/mol. The van der Waals surface area contributed by atoms with Crippen molar-refractivity contribution >= 4 is 46.6 Å². The number of piperazine rings is 2. The highest BCUT2D eigenvalue weighted by Gasteiger charge is 2.45. The number of carbonyl (C=O) groups is 5. The van der Waals surface area contributed by atoms with E-state index in [1.54, 1.807) is 42.5 Å². The number of likely N-dealkylation sites (N-methyl/N-ethyl adjacent to an activating group) is 1. The van der Waals surface area contributed by atoms with Gasteiger partial charge in [-0.25, -0.2) is 4.39 Å². The summed E-state index contributed by atoms with van der Waals surface area (Å²) in [6, 6.07) is 14.0. The van der Waals surface area contributed by atoms with E-state index in [2.05, 4.69) is 42.6 Å². The largest absolute Gasteiger partial charge is 0.417 e. The second kappa shape index (κ2) is 20.5. The number of aromatic amines is 1. The summed E-state index contributed by atoms with van der Waals surface area (Å²) in [7, 11) is 1.92. The van der Waals surface area contributed by atoms with Gasteiger partial charge in [0, 0.05) is 120 Å². The van der Waals surface area contributed by atoms with E-state index in [9.17, 15) is 47.0 Å². The number of carbonyl (C=O) groups excluding carboxylic acids is 5. The summed E-state index contributed by atoms with van der Waals surface area (Å²) in [5.74, 6) is -3.14. The highest BCUT2D eigenvalue weighted by Crippen LogP contribution is 2.39. The maximum absolute atomic E-state index is 15.7. The summed E-state index contributed by atoms with van der Waals surface area (Å²) in [4.78, 5) is 86.8. The number of fused-ring (bicyclic) bond motifs is 1. The lowest BCUT2D eigenvalue weighted by atomic mass is 9.99. The first-order valence-corrected chi connectivity index (χ1v) is 23.0. The number of amides is 5. The molecule has 5 heterocycles. The summed E-state index contributed by atoms with van der Waals surface area (Å²) < 4.78 is 57.8. The van der Waals surface area contributed by atoms with Gasteiger partial charge in [0.2, 0.25) is 23.3 Å². The number of halogens is 4. The molecule has 370 valence electrons. The van der Waals surface area contributed by atoms with Crippen molar-refractivity contribution in [1.29, 1.82) is 0 Å². The smallest absolute Gasteiger partial charge is 0.384 e. The molecule has 17 nitrogen and oxygen atoms in total. The molecular formula is C49H54F4N10O7. The summed E-state index contributed by atoms with van der Waals surface area (Å²) in [6.07, 6.45) is -5.86. The van der Waals surface area contributed by atoms with Crippen molar-refractivity contribution in [2.45, 2.75) is 57.2 Å². The Morgan fingerprint density at radius 1 is 0.929 bits per heavy atom. The van der Waals surface area contributed by atoms with Crippen molar-refractivity contribution < 1.29 is 46.6 Å². The van der Waals surface area contributed by atoms with Crippen LogP contribution in [0.5, 0.6) is 0 Å². The van der Waals surface area contributed by atoms with E-state index in [1.807, 2.05) is 23.8 Å². The van der Waals surface area contributed by atoms with Crippen LogP contribution in [0.3, 0.4) is 0 Å². The molecule has 1 aromatic heterocycles. The number of hydrogen-bond acceptors (Lipinski definition) is 13. The van der Waals surface area contributed by atoms with E-state index in [0.717, 1.165) is 22.4 Å². The van der Waals surface area contributed by atoms with Gasteiger partial charge in [0.05, 0.1) is 34.6 Å². The molecule has 5 amide bonds. The number of benzene rings is 3. The second-order valence-corrected chi connectivity index (χ2v) is 18.0. The zero-order chi connectivity index (χ0) is 50.0. The Balaban J connectivity index is 0.847. The lowest BCUT2D eigenvalue weighted by molar-refractivity contribution is -0.139. The summed E-state index contributed by atoms with van der Waals surface area (Å²) in [6.45, 7) is 11.6. The Kier molecular flexibility index (Phi) is 14.4. The molecule has 2 unspecified atom stereocenters. The van der Waals surface area contributed by atoms with Crippen LogP contribution in [0.15, 0.2) is 83.9 Å². The number of anilines is 3. The second-order valence-electron chi connectivity index (χ2n) is 18.0. The summed E-state index contributed by atoms with van der Waals surface area (Å²) in [5, 5.41) is 22.3. The van der Waals surface area contributed by atoms with E-state index >= 15 is 4.39 Å². The van der Waals surface area contributed by atoms with Crippen LogP contribution >= 0.6 is 0 Å². The Bertz CT molecular complexity index is 2780. The monoisotopic (exact) mass is 970 g/mol. The number of aliphatic hydroxyl groups is 1. The number of alkyl halides is 3. The van der Waals surface area contributed by atoms with Crippen molar-refractivity contribution in [2.75, 3.05) is 81.5 Å². The zero-order valence-electron chi connectivity index (χ0n) is 38.6. The number of pyridine rings is 1. The first kappa shape index (κ1) is 49.3. The van der Waals surface area contributed by atoms with Crippen LogP contribution in [0.2, 0.25) is 0 Å².